The van der Waals surface area contributed by atoms with Crippen LogP contribution in [0.5, 0.6) is 0 Å². The van der Waals surface area contributed by atoms with Gasteiger partial charge in [0.15, 0.2) is 0 Å². The lowest BCUT2D eigenvalue weighted by Gasteiger charge is -2.46. The van der Waals surface area contributed by atoms with Crippen molar-refractivity contribution in [3.05, 3.63) is 120 Å². The zero-order chi connectivity index (χ0) is 40.4. The third-order valence-electron chi connectivity index (χ3n) is 9.80. The SMILES string of the molecule is C[C@@H](O)[C@H]1C(=O)N2C(C(=O)OCc3ccc([N+](=O)[O-])cc3)=C(S[C@@H]3C[C@@H](C(=O)Nc4cccc(C(=O)O)c4)N(C(=O)OCc4ccc([N+](=O)[O-])cc4)C3)[C@H](C)[C@H]12. The number of hydrogen-bond acceptors (Lipinski definition) is 13. The summed E-state index contributed by atoms with van der Waals surface area (Å²) in [4.78, 5) is 89.9. The Balaban J connectivity index is 1.25. The van der Waals surface area contributed by atoms with Gasteiger partial charge in [-0.25, -0.2) is 14.4 Å². The highest BCUT2D eigenvalue weighted by molar-refractivity contribution is 8.03. The molecule has 3 aromatic rings. The lowest BCUT2D eigenvalue weighted by molar-refractivity contribution is -0.385. The molecule has 6 rings (SSSR count). The first-order valence-corrected chi connectivity index (χ1v) is 18.2. The molecule has 56 heavy (non-hydrogen) atoms. The van der Waals surface area contributed by atoms with Crippen LogP contribution in [0.2, 0.25) is 0 Å². The van der Waals surface area contributed by atoms with E-state index in [9.17, 15) is 54.4 Å². The van der Waals surface area contributed by atoms with E-state index in [1.807, 2.05) is 0 Å². The van der Waals surface area contributed by atoms with Crippen molar-refractivity contribution >= 4 is 58.7 Å². The second-order valence-corrected chi connectivity index (χ2v) is 14.8. The average Bonchev–Trinajstić information content (AvgIpc) is 3.70. The van der Waals surface area contributed by atoms with E-state index in [2.05, 4.69) is 5.32 Å². The smallest absolute Gasteiger partial charge is 0.410 e. The summed E-state index contributed by atoms with van der Waals surface area (Å²) in [7, 11) is 0. The summed E-state index contributed by atoms with van der Waals surface area (Å²) >= 11 is 1.18. The lowest BCUT2D eigenvalue weighted by atomic mass is 9.79. The minimum atomic E-state index is -1.21. The van der Waals surface area contributed by atoms with E-state index in [-0.39, 0.29) is 54.5 Å². The fourth-order valence-corrected chi connectivity index (χ4v) is 8.53. The Labute approximate surface area is 322 Å². The van der Waals surface area contributed by atoms with Gasteiger partial charge in [-0.1, -0.05) is 13.0 Å². The highest BCUT2D eigenvalue weighted by Gasteiger charge is 2.60. The molecule has 2 saturated heterocycles. The van der Waals surface area contributed by atoms with Crippen molar-refractivity contribution in [2.75, 3.05) is 11.9 Å². The van der Waals surface area contributed by atoms with E-state index in [1.165, 1.54) is 101 Å². The average molecular weight is 790 g/mol. The number of aliphatic hydroxyl groups excluding tert-OH is 1. The Hall–Kier alpha value is -6.34. The van der Waals surface area contributed by atoms with Gasteiger partial charge in [0.2, 0.25) is 11.8 Å². The number of esters is 1. The topological polar surface area (TPSA) is 249 Å². The number of carboxylic acid groups (broad SMARTS) is 1. The van der Waals surface area contributed by atoms with Crippen LogP contribution in [0.3, 0.4) is 0 Å². The molecule has 0 bridgehead atoms. The second-order valence-electron chi connectivity index (χ2n) is 13.5. The van der Waals surface area contributed by atoms with Gasteiger partial charge >= 0.3 is 18.0 Å². The van der Waals surface area contributed by atoms with Crippen molar-refractivity contribution in [2.45, 2.75) is 56.9 Å². The van der Waals surface area contributed by atoms with Crippen molar-refractivity contribution in [1.29, 1.82) is 0 Å². The van der Waals surface area contributed by atoms with E-state index in [0.29, 0.717) is 16.0 Å². The maximum Gasteiger partial charge on any atom is 0.410 e. The molecule has 6 atom stereocenters. The number of carbonyl (C=O) groups excluding carboxylic acids is 4. The maximum atomic E-state index is 13.8. The molecule has 0 aliphatic carbocycles. The molecule has 2 fully saturated rings. The molecular weight excluding hydrogens is 754 g/mol. The van der Waals surface area contributed by atoms with Gasteiger partial charge in [-0.05, 0) is 66.9 Å². The van der Waals surface area contributed by atoms with Crippen LogP contribution in [0.25, 0.3) is 0 Å². The third kappa shape index (κ3) is 8.03. The second kappa shape index (κ2) is 16.2. The number of likely N-dealkylation sites (tertiary alicyclic amines) is 1. The van der Waals surface area contributed by atoms with Crippen LogP contribution in [0.1, 0.15) is 41.8 Å². The Kier molecular flexibility index (Phi) is 11.4. The normalized spacial score (nSPS) is 21.8. The summed E-state index contributed by atoms with van der Waals surface area (Å²) in [5, 5.41) is 44.1. The van der Waals surface area contributed by atoms with Gasteiger partial charge in [-0.3, -0.25) is 34.7 Å². The Bertz CT molecular complexity index is 2120. The van der Waals surface area contributed by atoms with Crippen molar-refractivity contribution in [2.24, 2.45) is 11.8 Å². The number of non-ortho nitro benzene ring substituents is 2. The molecule has 18 nitrogen and oxygen atoms in total. The number of fused-ring (bicyclic) bond motifs is 1. The molecule has 292 valence electrons. The monoisotopic (exact) mass is 789 g/mol. The largest absolute Gasteiger partial charge is 0.478 e. The minimum Gasteiger partial charge on any atom is -0.478 e. The summed E-state index contributed by atoms with van der Waals surface area (Å²) in [5.41, 5.74) is 0.658. The number of nitrogens with zero attached hydrogens (tertiary/aromatic N) is 4. The van der Waals surface area contributed by atoms with Crippen molar-refractivity contribution in [3.63, 3.8) is 0 Å². The van der Waals surface area contributed by atoms with Gasteiger partial charge in [0.25, 0.3) is 11.4 Å². The molecule has 3 amide bonds. The van der Waals surface area contributed by atoms with Crippen molar-refractivity contribution < 1.29 is 53.5 Å². The molecule has 19 heteroatoms. The number of hydrogen-bond donors (Lipinski definition) is 3. The van der Waals surface area contributed by atoms with Crippen LogP contribution in [0.15, 0.2) is 83.4 Å². The summed E-state index contributed by atoms with van der Waals surface area (Å²) < 4.78 is 11.1. The Morgan fingerprint density at radius 1 is 0.946 bits per heavy atom. The zero-order valence-electron chi connectivity index (χ0n) is 29.8. The number of aromatic carboxylic acids is 1. The quantitative estimate of drug-likeness (QED) is 0.0936. The number of carboxylic acids is 1. The van der Waals surface area contributed by atoms with Gasteiger partial charge in [0.1, 0.15) is 25.0 Å². The van der Waals surface area contributed by atoms with Gasteiger partial charge in [0.05, 0.1) is 33.5 Å². The number of anilines is 1. The van der Waals surface area contributed by atoms with E-state index < -0.39 is 75.0 Å². The number of benzene rings is 3. The number of amides is 3. The van der Waals surface area contributed by atoms with Gasteiger partial charge in [0, 0.05) is 52.6 Å². The number of rotatable bonds is 13. The molecule has 0 aromatic heterocycles. The number of carbonyl (C=O) groups is 5. The van der Waals surface area contributed by atoms with E-state index >= 15 is 0 Å². The number of thioether (sulfide) groups is 1. The van der Waals surface area contributed by atoms with E-state index in [0.717, 1.165) is 0 Å². The minimum absolute atomic E-state index is 0.0398. The standard InChI is InChI=1S/C37H35N5O13S/c1-19-30-29(20(2)43)34(45)40(30)31(36(48)54-17-21-6-10-25(11-7-21)41(50)51)32(19)56-27-15-28(33(44)38-24-5-3-4-23(14-24)35(46)47)39(16-27)37(49)55-18-22-8-12-26(13-9-22)42(52)53/h3-14,19-20,27-30,43H,15-18H2,1-2H3,(H,38,44)(H,46,47)/t19-,20-,27-,28+,29-,30-/m1/s1. The van der Waals surface area contributed by atoms with E-state index in [4.69, 9.17) is 9.47 Å². The summed E-state index contributed by atoms with van der Waals surface area (Å²) in [6, 6.07) is 14.6. The highest BCUT2D eigenvalue weighted by Crippen LogP contribution is 2.52. The summed E-state index contributed by atoms with van der Waals surface area (Å²) in [6.45, 7) is 2.69. The third-order valence-corrected chi connectivity index (χ3v) is 11.3. The molecule has 3 aliphatic rings. The number of ether oxygens (including phenoxy) is 2. The molecule has 0 unspecified atom stereocenters. The molecule has 3 N–H and O–H groups in total. The molecule has 3 aromatic carbocycles. The van der Waals surface area contributed by atoms with Crippen LogP contribution < -0.4 is 5.32 Å². The maximum absolute atomic E-state index is 13.8. The van der Waals surface area contributed by atoms with Crippen LogP contribution in [0.4, 0.5) is 21.9 Å². The predicted molar refractivity (Wildman–Crippen MR) is 197 cm³/mol. The fraction of sp³-hybridized carbons (Fsp3) is 0.324. The predicted octanol–water partition coefficient (Wildman–Crippen LogP) is 4.47. The molecule has 0 spiro atoms. The van der Waals surface area contributed by atoms with Gasteiger partial charge in [-0.15, -0.1) is 11.8 Å². The number of nitro groups is 2. The number of nitro benzene ring substituents is 2. The van der Waals surface area contributed by atoms with Crippen molar-refractivity contribution in [1.82, 2.24) is 9.80 Å². The first-order valence-electron chi connectivity index (χ1n) is 17.3. The number of aliphatic hydroxyl groups is 1. The van der Waals surface area contributed by atoms with E-state index in [1.54, 1.807) is 6.92 Å². The Morgan fingerprint density at radius 3 is 2.09 bits per heavy atom. The first-order chi connectivity index (χ1) is 26.6. The fourth-order valence-electron chi connectivity index (χ4n) is 7.01. The number of nitrogens with one attached hydrogen (secondary N) is 1. The highest BCUT2D eigenvalue weighted by atomic mass is 32.2. The van der Waals surface area contributed by atoms with Crippen LogP contribution in [0, 0.1) is 32.1 Å². The Morgan fingerprint density at radius 2 is 1.54 bits per heavy atom. The lowest BCUT2D eigenvalue weighted by Crippen LogP contribution is -2.63. The molecule has 3 heterocycles. The molecule has 0 radical (unpaired) electrons. The van der Waals surface area contributed by atoms with Gasteiger partial charge in [-0.2, -0.15) is 0 Å². The van der Waals surface area contributed by atoms with Crippen LogP contribution in [-0.2, 0) is 37.1 Å². The summed E-state index contributed by atoms with van der Waals surface area (Å²) in [5.74, 6) is -4.44. The molecule has 3 aliphatic heterocycles. The van der Waals surface area contributed by atoms with Gasteiger partial charge < -0.3 is 29.9 Å². The summed E-state index contributed by atoms with van der Waals surface area (Å²) in [6.07, 6.45) is -1.86. The first kappa shape index (κ1) is 39.4. The molecular formula is C37H35N5O13S. The molecule has 0 saturated carbocycles. The van der Waals surface area contributed by atoms with Crippen molar-refractivity contribution in [3.8, 4) is 0 Å². The number of β-lactam (4-membered cyclic amide) rings is 1. The van der Waals surface area contributed by atoms with Crippen LogP contribution in [-0.4, -0.2) is 89.7 Å². The van der Waals surface area contributed by atoms with Crippen LogP contribution >= 0.6 is 11.8 Å². The zero-order valence-corrected chi connectivity index (χ0v) is 30.6.